The maximum Gasteiger partial charge on any atom is 0.221 e. The van der Waals surface area contributed by atoms with Gasteiger partial charge in [-0.25, -0.2) is 0 Å². The second kappa shape index (κ2) is 5.19. The zero-order valence-electron chi connectivity index (χ0n) is 8.03. The fraction of sp³-hybridized carbons (Fsp3) is 0.182. The van der Waals surface area contributed by atoms with Crippen molar-refractivity contribution in [1.82, 2.24) is 0 Å². The molecule has 0 bridgehead atoms. The fourth-order valence-corrected chi connectivity index (χ4v) is 1.07. The van der Waals surface area contributed by atoms with Crippen molar-refractivity contribution in [2.45, 2.75) is 6.92 Å². The van der Waals surface area contributed by atoms with E-state index in [9.17, 15) is 4.79 Å². The van der Waals surface area contributed by atoms with E-state index in [-0.39, 0.29) is 12.5 Å². The van der Waals surface area contributed by atoms with Gasteiger partial charge in [-0.05, 0) is 17.7 Å². The summed E-state index contributed by atoms with van der Waals surface area (Å²) in [5.41, 5.74) is 1.77. The van der Waals surface area contributed by atoms with Gasteiger partial charge in [0.15, 0.2) is 0 Å². The van der Waals surface area contributed by atoms with Crippen LogP contribution in [0.1, 0.15) is 12.5 Å². The Morgan fingerprint density at radius 2 is 2.07 bits per heavy atom. The number of hydrogen-bond donors (Lipinski definition) is 2. The van der Waals surface area contributed by atoms with Gasteiger partial charge in [0, 0.05) is 12.6 Å². The van der Waals surface area contributed by atoms with E-state index in [1.807, 2.05) is 30.3 Å². The maximum atomic E-state index is 10.7. The molecule has 14 heavy (non-hydrogen) atoms. The van der Waals surface area contributed by atoms with Crippen molar-refractivity contribution in [3.63, 3.8) is 0 Å². The lowest BCUT2D eigenvalue weighted by Crippen LogP contribution is -2.05. The van der Waals surface area contributed by atoms with Crippen LogP contribution in [0.25, 0.3) is 6.08 Å². The molecular weight excluding hydrogens is 178 g/mol. The minimum Gasteiger partial charge on any atom is -0.392 e. The summed E-state index contributed by atoms with van der Waals surface area (Å²) < 4.78 is 0. The topological polar surface area (TPSA) is 49.3 Å². The molecule has 0 heterocycles. The SMILES string of the molecule is CC(=O)Nc1ccc(C=CCO)cc1. The van der Waals surface area contributed by atoms with Crippen LogP contribution in [-0.4, -0.2) is 17.6 Å². The van der Waals surface area contributed by atoms with Crippen LogP contribution in [0.3, 0.4) is 0 Å². The zero-order chi connectivity index (χ0) is 10.4. The zero-order valence-corrected chi connectivity index (χ0v) is 8.03. The number of rotatable bonds is 3. The molecule has 3 heteroatoms. The molecule has 74 valence electrons. The fourth-order valence-electron chi connectivity index (χ4n) is 1.07. The molecule has 1 aromatic rings. The first kappa shape index (κ1) is 10.5. The van der Waals surface area contributed by atoms with Gasteiger partial charge < -0.3 is 10.4 Å². The van der Waals surface area contributed by atoms with Crippen molar-refractivity contribution >= 4 is 17.7 Å². The highest BCUT2D eigenvalue weighted by Crippen LogP contribution is 2.10. The molecule has 1 aromatic carbocycles. The third-order valence-electron chi connectivity index (χ3n) is 1.65. The van der Waals surface area contributed by atoms with Gasteiger partial charge in [-0.15, -0.1) is 0 Å². The Morgan fingerprint density at radius 1 is 1.43 bits per heavy atom. The largest absolute Gasteiger partial charge is 0.392 e. The molecule has 0 saturated heterocycles. The average Bonchev–Trinajstić information content (AvgIpc) is 2.16. The van der Waals surface area contributed by atoms with Crippen LogP contribution < -0.4 is 5.32 Å². The molecule has 0 aliphatic rings. The van der Waals surface area contributed by atoms with E-state index >= 15 is 0 Å². The van der Waals surface area contributed by atoms with Gasteiger partial charge in [0.05, 0.1) is 6.61 Å². The summed E-state index contributed by atoms with van der Waals surface area (Å²) in [5.74, 6) is -0.0800. The van der Waals surface area contributed by atoms with E-state index in [0.29, 0.717) is 0 Å². The van der Waals surface area contributed by atoms with E-state index in [2.05, 4.69) is 5.32 Å². The summed E-state index contributed by atoms with van der Waals surface area (Å²) in [4.78, 5) is 10.7. The van der Waals surface area contributed by atoms with E-state index in [4.69, 9.17) is 5.11 Å². The van der Waals surface area contributed by atoms with E-state index < -0.39 is 0 Å². The van der Waals surface area contributed by atoms with Crippen LogP contribution in [-0.2, 0) is 4.79 Å². The van der Waals surface area contributed by atoms with Crippen LogP contribution in [0.5, 0.6) is 0 Å². The molecule has 0 aromatic heterocycles. The predicted octanol–water partition coefficient (Wildman–Crippen LogP) is 1.65. The summed E-state index contributed by atoms with van der Waals surface area (Å²) in [6.07, 6.45) is 3.48. The monoisotopic (exact) mass is 191 g/mol. The first-order valence-electron chi connectivity index (χ1n) is 4.37. The Bertz CT molecular complexity index is 328. The van der Waals surface area contributed by atoms with Gasteiger partial charge in [0.1, 0.15) is 0 Å². The Balaban J connectivity index is 2.68. The predicted molar refractivity (Wildman–Crippen MR) is 56.9 cm³/mol. The summed E-state index contributed by atoms with van der Waals surface area (Å²) >= 11 is 0. The molecule has 0 aliphatic heterocycles. The van der Waals surface area contributed by atoms with Crippen LogP contribution >= 0.6 is 0 Å². The molecule has 0 aliphatic carbocycles. The Morgan fingerprint density at radius 3 is 2.57 bits per heavy atom. The van der Waals surface area contributed by atoms with Crippen LogP contribution in [0.2, 0.25) is 0 Å². The third-order valence-corrected chi connectivity index (χ3v) is 1.65. The first-order valence-corrected chi connectivity index (χ1v) is 4.37. The van der Waals surface area contributed by atoms with E-state index in [0.717, 1.165) is 11.3 Å². The number of hydrogen-bond acceptors (Lipinski definition) is 2. The highest BCUT2D eigenvalue weighted by Gasteiger charge is 1.93. The number of anilines is 1. The number of aliphatic hydroxyl groups excluding tert-OH is 1. The normalized spacial score (nSPS) is 10.4. The molecule has 1 rings (SSSR count). The van der Waals surface area contributed by atoms with Crippen molar-refractivity contribution in [3.8, 4) is 0 Å². The lowest BCUT2D eigenvalue weighted by molar-refractivity contribution is -0.114. The lowest BCUT2D eigenvalue weighted by Gasteiger charge is -2.01. The van der Waals surface area contributed by atoms with Gasteiger partial charge >= 0.3 is 0 Å². The van der Waals surface area contributed by atoms with Crippen molar-refractivity contribution in [1.29, 1.82) is 0 Å². The van der Waals surface area contributed by atoms with Crippen molar-refractivity contribution in [3.05, 3.63) is 35.9 Å². The molecule has 1 amide bonds. The number of carbonyl (C=O) groups is 1. The smallest absolute Gasteiger partial charge is 0.221 e. The highest BCUT2D eigenvalue weighted by molar-refractivity contribution is 5.88. The minimum atomic E-state index is -0.0800. The molecule has 2 N–H and O–H groups in total. The molecule has 0 unspecified atom stereocenters. The molecular formula is C11H13NO2. The first-order chi connectivity index (χ1) is 6.72. The van der Waals surface area contributed by atoms with Crippen molar-refractivity contribution in [2.75, 3.05) is 11.9 Å². The van der Waals surface area contributed by atoms with Gasteiger partial charge in [0.25, 0.3) is 0 Å². The van der Waals surface area contributed by atoms with Crippen LogP contribution in [0.4, 0.5) is 5.69 Å². The summed E-state index contributed by atoms with van der Waals surface area (Å²) in [6, 6.07) is 7.38. The van der Waals surface area contributed by atoms with Crippen molar-refractivity contribution < 1.29 is 9.90 Å². The van der Waals surface area contributed by atoms with E-state index in [1.165, 1.54) is 6.92 Å². The summed E-state index contributed by atoms with van der Waals surface area (Å²) in [6.45, 7) is 1.51. The van der Waals surface area contributed by atoms with Gasteiger partial charge in [-0.3, -0.25) is 4.79 Å². The number of benzene rings is 1. The van der Waals surface area contributed by atoms with E-state index in [1.54, 1.807) is 6.08 Å². The quantitative estimate of drug-likeness (QED) is 0.763. The Labute approximate surface area is 83.1 Å². The lowest BCUT2D eigenvalue weighted by atomic mass is 10.2. The Hall–Kier alpha value is -1.61. The van der Waals surface area contributed by atoms with Gasteiger partial charge in [0.2, 0.25) is 5.91 Å². The number of amides is 1. The highest BCUT2D eigenvalue weighted by atomic mass is 16.2. The van der Waals surface area contributed by atoms with Gasteiger partial charge in [-0.1, -0.05) is 24.3 Å². The second-order valence-corrected chi connectivity index (χ2v) is 2.89. The minimum absolute atomic E-state index is 0.0352. The standard InChI is InChI=1S/C11H13NO2/c1-9(14)12-11-6-4-10(5-7-11)3-2-8-13/h2-7,13H,8H2,1H3,(H,12,14). The molecule has 3 nitrogen and oxygen atoms in total. The molecule has 0 fully saturated rings. The number of aliphatic hydroxyl groups is 1. The van der Waals surface area contributed by atoms with Crippen molar-refractivity contribution in [2.24, 2.45) is 0 Å². The average molecular weight is 191 g/mol. The summed E-state index contributed by atoms with van der Waals surface area (Å²) in [5, 5.41) is 11.2. The summed E-state index contributed by atoms with van der Waals surface area (Å²) in [7, 11) is 0. The second-order valence-electron chi connectivity index (χ2n) is 2.89. The molecule has 0 atom stereocenters. The van der Waals surface area contributed by atoms with Gasteiger partial charge in [-0.2, -0.15) is 0 Å². The third kappa shape index (κ3) is 3.41. The van der Waals surface area contributed by atoms with Crippen LogP contribution in [0.15, 0.2) is 30.3 Å². The molecule has 0 radical (unpaired) electrons. The van der Waals surface area contributed by atoms with Crippen LogP contribution in [0, 0.1) is 0 Å². The number of nitrogens with one attached hydrogen (secondary N) is 1. The molecule has 0 saturated carbocycles. The maximum absolute atomic E-state index is 10.7. The Kier molecular flexibility index (Phi) is 3.88. The number of carbonyl (C=O) groups excluding carboxylic acids is 1. The molecule has 0 spiro atoms.